The lowest BCUT2D eigenvalue weighted by atomic mass is 9.96. The summed E-state index contributed by atoms with van der Waals surface area (Å²) < 4.78 is 0. The summed E-state index contributed by atoms with van der Waals surface area (Å²) in [7, 11) is 0. The summed E-state index contributed by atoms with van der Waals surface area (Å²) in [5.41, 5.74) is 1.98. The Labute approximate surface area is 94.9 Å². The summed E-state index contributed by atoms with van der Waals surface area (Å²) in [4.78, 5) is 11.4. The Morgan fingerprint density at radius 3 is 2.33 bits per heavy atom. The van der Waals surface area contributed by atoms with E-state index in [1.807, 2.05) is 38.1 Å². The number of hydrogen-bond acceptors (Lipinski definition) is 2. The predicted molar refractivity (Wildman–Crippen MR) is 64.3 cm³/mol. The van der Waals surface area contributed by atoms with Crippen LogP contribution in [0, 0.1) is 12.8 Å². The molecule has 1 unspecified atom stereocenters. The Bertz CT molecular complexity index is 368. The lowest BCUT2D eigenvalue weighted by Gasteiger charge is -2.11. The SMILES string of the molecule is CCC(C(=O)O)C(=S)c1ccc(C)cc1. The monoisotopic (exact) mass is 222 g/mol. The van der Waals surface area contributed by atoms with Crippen LogP contribution in [0.3, 0.4) is 0 Å². The summed E-state index contributed by atoms with van der Waals surface area (Å²) in [5, 5.41) is 8.97. The molecule has 0 aliphatic carbocycles. The van der Waals surface area contributed by atoms with Crippen LogP contribution in [0.15, 0.2) is 24.3 Å². The van der Waals surface area contributed by atoms with Gasteiger partial charge < -0.3 is 5.11 Å². The lowest BCUT2D eigenvalue weighted by Crippen LogP contribution is -2.22. The van der Waals surface area contributed by atoms with Crippen molar-refractivity contribution in [2.24, 2.45) is 5.92 Å². The molecule has 0 fully saturated rings. The maximum atomic E-state index is 10.9. The molecule has 0 spiro atoms. The zero-order valence-electron chi connectivity index (χ0n) is 8.86. The second-order valence-electron chi connectivity index (χ2n) is 3.53. The van der Waals surface area contributed by atoms with Crippen molar-refractivity contribution in [2.75, 3.05) is 0 Å². The van der Waals surface area contributed by atoms with Gasteiger partial charge in [0.25, 0.3) is 0 Å². The van der Waals surface area contributed by atoms with Crippen molar-refractivity contribution < 1.29 is 9.90 Å². The molecule has 80 valence electrons. The zero-order valence-corrected chi connectivity index (χ0v) is 9.67. The number of carboxylic acid groups (broad SMARTS) is 1. The van der Waals surface area contributed by atoms with Gasteiger partial charge in [-0.2, -0.15) is 0 Å². The standard InChI is InChI=1S/C12H14O2S/c1-3-10(12(13)14)11(15)9-6-4-8(2)5-7-9/h4-7,10H,3H2,1-2H3,(H,13,14). The topological polar surface area (TPSA) is 37.3 Å². The van der Waals surface area contributed by atoms with Crippen molar-refractivity contribution in [3.05, 3.63) is 35.4 Å². The largest absolute Gasteiger partial charge is 0.481 e. The van der Waals surface area contributed by atoms with E-state index in [1.54, 1.807) is 0 Å². The lowest BCUT2D eigenvalue weighted by molar-refractivity contribution is -0.139. The van der Waals surface area contributed by atoms with Gasteiger partial charge in [-0.15, -0.1) is 0 Å². The van der Waals surface area contributed by atoms with Crippen molar-refractivity contribution in [3.8, 4) is 0 Å². The number of thiocarbonyl (C=S) groups is 1. The van der Waals surface area contributed by atoms with Gasteiger partial charge in [0.15, 0.2) is 0 Å². The molecule has 0 aliphatic rings. The van der Waals surface area contributed by atoms with E-state index in [1.165, 1.54) is 0 Å². The van der Waals surface area contributed by atoms with Gasteiger partial charge >= 0.3 is 5.97 Å². The van der Waals surface area contributed by atoms with E-state index in [9.17, 15) is 4.79 Å². The molecule has 1 aromatic carbocycles. The maximum absolute atomic E-state index is 10.9. The molecule has 0 saturated heterocycles. The number of aryl methyl sites for hydroxylation is 1. The predicted octanol–water partition coefficient (Wildman–Crippen LogP) is 2.82. The van der Waals surface area contributed by atoms with Crippen molar-refractivity contribution in [1.82, 2.24) is 0 Å². The molecule has 15 heavy (non-hydrogen) atoms. The summed E-state index contributed by atoms with van der Waals surface area (Å²) >= 11 is 5.18. The van der Waals surface area contributed by atoms with E-state index < -0.39 is 11.9 Å². The second kappa shape index (κ2) is 5.03. The Kier molecular flexibility index (Phi) is 3.97. The minimum absolute atomic E-state index is 0.519. The van der Waals surface area contributed by atoms with Gasteiger partial charge in [-0.05, 0) is 18.9 Å². The molecular formula is C12H14O2S. The first-order valence-corrected chi connectivity index (χ1v) is 5.30. The van der Waals surface area contributed by atoms with Crippen LogP contribution in [-0.2, 0) is 4.79 Å². The van der Waals surface area contributed by atoms with Gasteiger partial charge in [0.05, 0.1) is 5.92 Å². The Balaban J connectivity index is 2.93. The Hall–Kier alpha value is -1.22. The minimum atomic E-state index is -0.844. The molecule has 0 amide bonds. The molecule has 1 atom stereocenters. The first kappa shape index (κ1) is 11.9. The zero-order chi connectivity index (χ0) is 11.4. The van der Waals surface area contributed by atoms with Gasteiger partial charge in [0, 0.05) is 4.86 Å². The first-order chi connectivity index (χ1) is 7.06. The van der Waals surface area contributed by atoms with E-state index in [-0.39, 0.29) is 0 Å². The van der Waals surface area contributed by atoms with Gasteiger partial charge in [-0.1, -0.05) is 49.0 Å². The van der Waals surface area contributed by atoms with Crippen LogP contribution < -0.4 is 0 Å². The van der Waals surface area contributed by atoms with Gasteiger partial charge in [0.2, 0.25) is 0 Å². The van der Waals surface area contributed by atoms with Gasteiger partial charge in [-0.25, -0.2) is 0 Å². The molecule has 0 heterocycles. The molecule has 1 N–H and O–H groups in total. The highest BCUT2D eigenvalue weighted by Gasteiger charge is 2.21. The van der Waals surface area contributed by atoms with Crippen LogP contribution in [0.4, 0.5) is 0 Å². The van der Waals surface area contributed by atoms with E-state index in [4.69, 9.17) is 17.3 Å². The molecule has 0 bridgehead atoms. The fourth-order valence-electron chi connectivity index (χ4n) is 1.39. The van der Waals surface area contributed by atoms with Crippen LogP contribution in [0.2, 0.25) is 0 Å². The Morgan fingerprint density at radius 2 is 1.93 bits per heavy atom. The highest BCUT2D eigenvalue weighted by molar-refractivity contribution is 7.81. The van der Waals surface area contributed by atoms with E-state index in [2.05, 4.69) is 0 Å². The summed E-state index contributed by atoms with van der Waals surface area (Å²) in [5.74, 6) is -1.40. The van der Waals surface area contributed by atoms with Crippen LogP contribution in [0.25, 0.3) is 0 Å². The van der Waals surface area contributed by atoms with Crippen molar-refractivity contribution in [1.29, 1.82) is 0 Å². The normalized spacial score (nSPS) is 12.1. The third-order valence-corrected chi connectivity index (χ3v) is 2.88. The third-order valence-electron chi connectivity index (χ3n) is 2.36. The van der Waals surface area contributed by atoms with E-state index >= 15 is 0 Å². The maximum Gasteiger partial charge on any atom is 0.311 e. The highest BCUT2D eigenvalue weighted by atomic mass is 32.1. The summed E-state index contributed by atoms with van der Waals surface area (Å²) in [6, 6.07) is 7.64. The van der Waals surface area contributed by atoms with Crippen molar-refractivity contribution in [2.45, 2.75) is 20.3 Å². The molecule has 0 aromatic heterocycles. The molecular weight excluding hydrogens is 208 g/mol. The number of benzene rings is 1. The fraction of sp³-hybridized carbons (Fsp3) is 0.333. The fourth-order valence-corrected chi connectivity index (χ4v) is 1.79. The van der Waals surface area contributed by atoms with Crippen molar-refractivity contribution >= 4 is 23.1 Å². The molecule has 2 nitrogen and oxygen atoms in total. The number of hydrogen-bond donors (Lipinski definition) is 1. The number of carbonyl (C=O) groups is 1. The minimum Gasteiger partial charge on any atom is -0.481 e. The van der Waals surface area contributed by atoms with E-state index in [0.717, 1.165) is 11.1 Å². The molecule has 0 aliphatic heterocycles. The average molecular weight is 222 g/mol. The number of carboxylic acids is 1. The molecule has 0 radical (unpaired) electrons. The van der Waals surface area contributed by atoms with Gasteiger partial charge in [-0.3, -0.25) is 4.79 Å². The molecule has 3 heteroatoms. The Morgan fingerprint density at radius 1 is 1.40 bits per heavy atom. The molecule has 1 aromatic rings. The van der Waals surface area contributed by atoms with Crippen molar-refractivity contribution in [3.63, 3.8) is 0 Å². The van der Waals surface area contributed by atoms with Crippen LogP contribution in [0.5, 0.6) is 0 Å². The summed E-state index contributed by atoms with van der Waals surface area (Å²) in [6.45, 7) is 3.82. The molecule has 0 saturated carbocycles. The average Bonchev–Trinajstić information content (AvgIpc) is 2.19. The second-order valence-corrected chi connectivity index (χ2v) is 3.97. The highest BCUT2D eigenvalue weighted by Crippen LogP contribution is 2.15. The van der Waals surface area contributed by atoms with Crippen LogP contribution in [0.1, 0.15) is 24.5 Å². The van der Waals surface area contributed by atoms with Crippen LogP contribution >= 0.6 is 12.2 Å². The smallest absolute Gasteiger partial charge is 0.311 e. The van der Waals surface area contributed by atoms with Crippen LogP contribution in [-0.4, -0.2) is 15.9 Å². The van der Waals surface area contributed by atoms with E-state index in [0.29, 0.717) is 11.3 Å². The number of aliphatic carboxylic acids is 1. The number of rotatable bonds is 4. The van der Waals surface area contributed by atoms with Gasteiger partial charge in [0.1, 0.15) is 0 Å². The first-order valence-electron chi connectivity index (χ1n) is 4.90. The summed E-state index contributed by atoms with van der Waals surface area (Å²) in [6.07, 6.45) is 0.530. The third kappa shape index (κ3) is 2.86. The molecule has 1 rings (SSSR count). The quantitative estimate of drug-likeness (QED) is 0.628.